The van der Waals surface area contributed by atoms with E-state index in [0.29, 0.717) is 5.92 Å². The molecule has 0 spiro atoms. The van der Waals surface area contributed by atoms with Gasteiger partial charge in [-0.1, -0.05) is 6.92 Å². The van der Waals surface area contributed by atoms with E-state index in [0.717, 1.165) is 18.0 Å². The Bertz CT molecular complexity index is 255. The molecule has 0 saturated carbocycles. The molecule has 0 aliphatic heterocycles. The van der Waals surface area contributed by atoms with Crippen LogP contribution in [-0.4, -0.2) is 11.5 Å². The van der Waals surface area contributed by atoms with Crippen molar-refractivity contribution in [3.8, 4) is 0 Å². The number of rotatable bonds is 3. The van der Waals surface area contributed by atoms with Crippen LogP contribution in [0.5, 0.6) is 0 Å². The lowest BCUT2D eigenvalue weighted by Crippen LogP contribution is -2.12. The van der Waals surface area contributed by atoms with Crippen molar-refractivity contribution in [2.24, 2.45) is 11.7 Å². The minimum absolute atomic E-state index is 0.573. The second-order valence-corrected chi connectivity index (χ2v) is 4.57. The number of nitrogens with zero attached hydrogens (tertiary/aromatic N) is 1. The molecule has 2 N–H and O–H groups in total. The van der Waals surface area contributed by atoms with E-state index in [2.05, 4.69) is 18.8 Å². The van der Waals surface area contributed by atoms with Gasteiger partial charge in [-0.25, -0.2) is 4.98 Å². The predicted molar refractivity (Wildman–Crippen MR) is 53.5 cm³/mol. The Kier molecular flexibility index (Phi) is 3.23. The molecule has 0 aliphatic carbocycles. The molecule has 1 unspecified atom stereocenters. The van der Waals surface area contributed by atoms with Crippen LogP contribution >= 0.6 is 11.3 Å². The van der Waals surface area contributed by atoms with Gasteiger partial charge >= 0.3 is 0 Å². The van der Waals surface area contributed by atoms with E-state index < -0.39 is 0 Å². The Labute approximate surface area is 77.8 Å². The van der Waals surface area contributed by atoms with Gasteiger partial charge in [-0.3, -0.25) is 0 Å². The molecule has 2 nitrogen and oxygen atoms in total. The molecule has 0 aliphatic rings. The number of nitrogens with two attached hydrogens (primary N) is 1. The van der Waals surface area contributed by atoms with Crippen LogP contribution in [0.1, 0.15) is 22.5 Å². The molecule has 0 saturated heterocycles. The molecule has 0 amide bonds. The highest BCUT2D eigenvalue weighted by molar-refractivity contribution is 7.11. The zero-order chi connectivity index (χ0) is 9.14. The van der Waals surface area contributed by atoms with Gasteiger partial charge in [0.15, 0.2) is 0 Å². The van der Waals surface area contributed by atoms with E-state index in [1.807, 2.05) is 6.92 Å². The molecule has 0 aromatic carbocycles. The summed E-state index contributed by atoms with van der Waals surface area (Å²) in [4.78, 5) is 5.77. The van der Waals surface area contributed by atoms with Crippen molar-refractivity contribution in [1.82, 2.24) is 4.98 Å². The molecule has 0 fully saturated rings. The van der Waals surface area contributed by atoms with E-state index in [1.165, 1.54) is 10.6 Å². The topological polar surface area (TPSA) is 38.9 Å². The smallest absolute Gasteiger partial charge is 0.0900 e. The van der Waals surface area contributed by atoms with Gasteiger partial charge in [-0.15, -0.1) is 11.3 Å². The van der Waals surface area contributed by atoms with Gasteiger partial charge < -0.3 is 5.73 Å². The molecule has 1 aromatic heterocycles. The number of thiazole rings is 1. The van der Waals surface area contributed by atoms with Gasteiger partial charge in [0.1, 0.15) is 0 Å². The van der Waals surface area contributed by atoms with E-state index in [-0.39, 0.29) is 0 Å². The normalized spacial score (nSPS) is 13.3. The van der Waals surface area contributed by atoms with Crippen molar-refractivity contribution in [2.45, 2.75) is 27.2 Å². The zero-order valence-electron chi connectivity index (χ0n) is 7.92. The van der Waals surface area contributed by atoms with Gasteiger partial charge in [0, 0.05) is 4.88 Å². The van der Waals surface area contributed by atoms with Crippen LogP contribution in [-0.2, 0) is 6.42 Å². The van der Waals surface area contributed by atoms with Gasteiger partial charge in [0.2, 0.25) is 0 Å². The predicted octanol–water partition coefficient (Wildman–Crippen LogP) is 1.90. The summed E-state index contributed by atoms with van der Waals surface area (Å²) in [5.74, 6) is 0.573. The summed E-state index contributed by atoms with van der Waals surface area (Å²) in [5, 5.41) is 1.16. The largest absolute Gasteiger partial charge is 0.330 e. The Morgan fingerprint density at radius 2 is 2.17 bits per heavy atom. The summed E-state index contributed by atoms with van der Waals surface area (Å²) >= 11 is 1.79. The minimum atomic E-state index is 0.573. The summed E-state index contributed by atoms with van der Waals surface area (Å²) in [6, 6.07) is 0. The quantitative estimate of drug-likeness (QED) is 0.779. The highest BCUT2D eigenvalue weighted by Gasteiger charge is 2.07. The molecular formula is C9H16N2S. The van der Waals surface area contributed by atoms with Crippen LogP contribution in [0, 0.1) is 19.8 Å². The van der Waals surface area contributed by atoms with Crippen LogP contribution in [0.25, 0.3) is 0 Å². The summed E-state index contributed by atoms with van der Waals surface area (Å²) in [7, 11) is 0. The van der Waals surface area contributed by atoms with Crippen molar-refractivity contribution in [2.75, 3.05) is 6.54 Å². The maximum Gasteiger partial charge on any atom is 0.0900 e. The number of aromatic nitrogens is 1. The number of aryl methyl sites for hydroxylation is 2. The highest BCUT2D eigenvalue weighted by atomic mass is 32.1. The van der Waals surface area contributed by atoms with Crippen LogP contribution in [0.2, 0.25) is 0 Å². The Balaban J connectivity index is 2.68. The maximum atomic E-state index is 5.56. The third-order valence-corrected chi connectivity index (χ3v) is 3.03. The fourth-order valence-electron chi connectivity index (χ4n) is 1.16. The van der Waals surface area contributed by atoms with Gasteiger partial charge in [-0.2, -0.15) is 0 Å². The number of hydrogen-bond acceptors (Lipinski definition) is 3. The number of hydrogen-bond donors (Lipinski definition) is 1. The molecule has 1 aromatic rings. The Hall–Kier alpha value is -0.410. The molecule has 3 heteroatoms. The standard InChI is InChI=1S/C9H16N2S/c1-6(5-10)4-9-7(2)11-8(3)12-9/h6H,4-5,10H2,1-3H3. The van der Waals surface area contributed by atoms with Crippen LogP contribution in [0.4, 0.5) is 0 Å². The lowest BCUT2D eigenvalue weighted by Gasteiger charge is -2.05. The summed E-state index contributed by atoms with van der Waals surface area (Å²) in [6.07, 6.45) is 1.08. The third-order valence-electron chi connectivity index (χ3n) is 1.94. The van der Waals surface area contributed by atoms with Crippen molar-refractivity contribution < 1.29 is 0 Å². The molecule has 68 valence electrons. The first-order chi connectivity index (χ1) is 5.63. The van der Waals surface area contributed by atoms with E-state index in [1.54, 1.807) is 11.3 Å². The molecule has 1 heterocycles. The lowest BCUT2D eigenvalue weighted by molar-refractivity contribution is 0.596. The third kappa shape index (κ3) is 2.29. The van der Waals surface area contributed by atoms with Gasteiger partial charge in [-0.05, 0) is 32.7 Å². The summed E-state index contributed by atoms with van der Waals surface area (Å²) in [6.45, 7) is 7.06. The first-order valence-corrected chi connectivity index (χ1v) is 5.08. The van der Waals surface area contributed by atoms with Crippen LogP contribution in [0.3, 0.4) is 0 Å². The van der Waals surface area contributed by atoms with Crippen LogP contribution < -0.4 is 5.73 Å². The maximum absolute atomic E-state index is 5.56. The average molecular weight is 184 g/mol. The highest BCUT2D eigenvalue weighted by Crippen LogP contribution is 2.20. The lowest BCUT2D eigenvalue weighted by atomic mass is 10.1. The van der Waals surface area contributed by atoms with Crippen molar-refractivity contribution in [3.63, 3.8) is 0 Å². The SMILES string of the molecule is Cc1nc(C)c(CC(C)CN)s1. The Morgan fingerprint density at radius 3 is 2.58 bits per heavy atom. The molecule has 0 bridgehead atoms. The van der Waals surface area contributed by atoms with Crippen molar-refractivity contribution >= 4 is 11.3 Å². The van der Waals surface area contributed by atoms with E-state index in [4.69, 9.17) is 5.73 Å². The molecular weight excluding hydrogens is 168 g/mol. The summed E-state index contributed by atoms with van der Waals surface area (Å²) in [5.41, 5.74) is 6.74. The second kappa shape index (κ2) is 4.01. The molecule has 0 radical (unpaired) electrons. The van der Waals surface area contributed by atoms with Crippen LogP contribution in [0.15, 0.2) is 0 Å². The van der Waals surface area contributed by atoms with E-state index >= 15 is 0 Å². The Morgan fingerprint density at radius 1 is 1.50 bits per heavy atom. The minimum Gasteiger partial charge on any atom is -0.330 e. The first kappa shape index (κ1) is 9.68. The monoisotopic (exact) mass is 184 g/mol. The fourth-order valence-corrected chi connectivity index (χ4v) is 2.26. The average Bonchev–Trinajstić information content (AvgIpc) is 2.30. The van der Waals surface area contributed by atoms with E-state index in [9.17, 15) is 0 Å². The molecule has 1 atom stereocenters. The van der Waals surface area contributed by atoms with Gasteiger partial charge in [0.25, 0.3) is 0 Å². The first-order valence-electron chi connectivity index (χ1n) is 4.26. The van der Waals surface area contributed by atoms with Gasteiger partial charge in [0.05, 0.1) is 10.7 Å². The second-order valence-electron chi connectivity index (χ2n) is 3.29. The van der Waals surface area contributed by atoms with Crippen molar-refractivity contribution in [3.05, 3.63) is 15.6 Å². The fraction of sp³-hybridized carbons (Fsp3) is 0.667. The zero-order valence-corrected chi connectivity index (χ0v) is 8.74. The van der Waals surface area contributed by atoms with Crippen molar-refractivity contribution in [1.29, 1.82) is 0 Å². The molecule has 1 rings (SSSR count). The molecule has 12 heavy (non-hydrogen) atoms. The summed E-state index contributed by atoms with van der Waals surface area (Å²) < 4.78 is 0.